The molecule has 0 fully saturated rings. The molecule has 2 atom stereocenters. The van der Waals surface area contributed by atoms with Crippen LogP contribution in [-0.4, -0.2) is 55.9 Å². The lowest BCUT2D eigenvalue weighted by Crippen LogP contribution is -2.41. The van der Waals surface area contributed by atoms with Crippen LogP contribution in [0.4, 0.5) is 11.8 Å². The van der Waals surface area contributed by atoms with Crippen LogP contribution in [0.1, 0.15) is 35.2 Å². The Hall–Kier alpha value is -3.54. The summed E-state index contributed by atoms with van der Waals surface area (Å²) in [7, 11) is 0. The Balaban J connectivity index is 1.54. The average molecular weight is 462 g/mol. The van der Waals surface area contributed by atoms with E-state index in [-0.39, 0.29) is 35.2 Å². The molecular formula is C20H23N5O6S. The number of hydrogen-bond donors (Lipinski definition) is 6. The molecule has 0 aliphatic carbocycles. The molecule has 12 heteroatoms. The number of nitrogens with two attached hydrogens (primary N) is 1. The van der Waals surface area contributed by atoms with E-state index >= 15 is 0 Å². The fourth-order valence-electron chi connectivity index (χ4n) is 3.21. The molecule has 0 unspecified atom stereocenters. The molecule has 1 aliphatic rings. The van der Waals surface area contributed by atoms with Crippen LogP contribution in [0.25, 0.3) is 0 Å². The minimum Gasteiger partial charge on any atom is -0.481 e. The molecule has 1 aliphatic heterocycles. The molecular weight excluding hydrogens is 438 g/mol. The van der Waals surface area contributed by atoms with Gasteiger partial charge in [-0.1, -0.05) is 12.1 Å². The van der Waals surface area contributed by atoms with Gasteiger partial charge in [0.15, 0.2) is 0 Å². The maximum Gasteiger partial charge on any atom is 0.326 e. The minimum atomic E-state index is -1.28. The summed E-state index contributed by atoms with van der Waals surface area (Å²) in [4.78, 5) is 53.4. The fourth-order valence-corrected chi connectivity index (χ4v) is 4.33. The van der Waals surface area contributed by atoms with Crippen LogP contribution < -0.4 is 21.9 Å². The smallest absolute Gasteiger partial charge is 0.326 e. The number of aromatic amines is 1. The van der Waals surface area contributed by atoms with Crippen LogP contribution in [0, 0.1) is 0 Å². The highest BCUT2D eigenvalue weighted by molar-refractivity contribution is 8.00. The van der Waals surface area contributed by atoms with Gasteiger partial charge in [0, 0.05) is 23.8 Å². The van der Waals surface area contributed by atoms with Gasteiger partial charge in [0.1, 0.15) is 16.8 Å². The third kappa shape index (κ3) is 6.00. The number of fused-ring (bicyclic) bond motifs is 1. The number of nitrogen functional groups attached to an aromatic ring is 1. The Morgan fingerprint density at radius 2 is 1.97 bits per heavy atom. The fraction of sp³-hybridized carbons (Fsp3) is 0.350. The van der Waals surface area contributed by atoms with E-state index in [2.05, 4.69) is 20.6 Å². The number of hydrogen-bond acceptors (Lipinski definition) is 8. The molecule has 0 saturated heterocycles. The number of thioether (sulfide) groups is 1. The highest BCUT2D eigenvalue weighted by atomic mass is 32.2. The number of anilines is 2. The number of nitrogens with one attached hydrogen (secondary N) is 3. The van der Waals surface area contributed by atoms with Crippen molar-refractivity contribution in [1.82, 2.24) is 15.3 Å². The van der Waals surface area contributed by atoms with Gasteiger partial charge in [-0.3, -0.25) is 19.4 Å². The maximum absolute atomic E-state index is 12.3. The van der Waals surface area contributed by atoms with Gasteiger partial charge >= 0.3 is 11.9 Å². The summed E-state index contributed by atoms with van der Waals surface area (Å²) < 4.78 is 0. The van der Waals surface area contributed by atoms with Gasteiger partial charge in [0.25, 0.3) is 11.5 Å². The molecule has 0 bridgehead atoms. The summed E-state index contributed by atoms with van der Waals surface area (Å²) >= 11 is 1.45. The Morgan fingerprint density at radius 1 is 1.25 bits per heavy atom. The summed E-state index contributed by atoms with van der Waals surface area (Å²) in [5.74, 6) is -2.43. The van der Waals surface area contributed by atoms with E-state index in [0.29, 0.717) is 23.7 Å². The molecule has 170 valence electrons. The molecule has 11 nitrogen and oxygen atoms in total. The number of rotatable bonds is 9. The number of carbonyl (C=O) groups excluding carboxylic acids is 1. The van der Waals surface area contributed by atoms with Crippen molar-refractivity contribution in [1.29, 1.82) is 0 Å². The maximum atomic E-state index is 12.3. The van der Waals surface area contributed by atoms with Crippen molar-refractivity contribution in [2.24, 2.45) is 0 Å². The van der Waals surface area contributed by atoms with Crippen molar-refractivity contribution in [2.45, 2.75) is 41.9 Å². The number of carboxylic acids is 2. The first kappa shape index (κ1) is 23.1. The van der Waals surface area contributed by atoms with Crippen LogP contribution in [0.3, 0.4) is 0 Å². The van der Waals surface area contributed by atoms with Crippen molar-refractivity contribution in [3.63, 3.8) is 0 Å². The second-order valence-corrected chi connectivity index (χ2v) is 8.59. The van der Waals surface area contributed by atoms with Crippen LogP contribution in [0.5, 0.6) is 0 Å². The van der Waals surface area contributed by atoms with Gasteiger partial charge in [-0.15, -0.1) is 11.8 Å². The van der Waals surface area contributed by atoms with Crippen LogP contribution >= 0.6 is 11.8 Å². The van der Waals surface area contributed by atoms with Gasteiger partial charge in [-0.25, -0.2) is 4.79 Å². The zero-order valence-corrected chi connectivity index (χ0v) is 17.8. The van der Waals surface area contributed by atoms with E-state index in [4.69, 9.17) is 15.9 Å². The highest BCUT2D eigenvalue weighted by Crippen LogP contribution is 2.33. The zero-order chi connectivity index (χ0) is 23.3. The monoisotopic (exact) mass is 461 g/mol. The highest BCUT2D eigenvalue weighted by Gasteiger charge is 2.24. The average Bonchev–Trinajstić information content (AvgIpc) is 2.75. The van der Waals surface area contributed by atoms with E-state index in [1.54, 1.807) is 24.3 Å². The standard InChI is InChI=1S/C20H23N5O6S/c21-20-24-16-15(18(29)25-20)32-12(9-22-16)6-3-10-1-4-11(5-2-10)17(28)23-13(19(30)31)7-8-14(26)27/h1-2,4-5,12-13H,3,6-9H2,(H,23,28)(H,26,27)(H,30,31)(H4,21,22,24,25,29)/t12-,13-/m0/s1. The SMILES string of the molecule is Nc1nc2c(c(=O)[nH]1)S[C@@H](CCc1ccc(C(=O)N[C@@H](CCC(=O)O)C(=O)O)cc1)CN2. The third-order valence-electron chi connectivity index (χ3n) is 4.90. The molecule has 0 spiro atoms. The molecule has 2 aromatic rings. The third-order valence-corrected chi connectivity index (χ3v) is 6.25. The molecule has 1 amide bonds. The first-order valence-corrected chi connectivity index (χ1v) is 10.8. The zero-order valence-electron chi connectivity index (χ0n) is 17.0. The number of aromatic nitrogens is 2. The Labute approximate surface area is 186 Å². The molecule has 7 N–H and O–H groups in total. The summed E-state index contributed by atoms with van der Waals surface area (Å²) in [5.41, 5.74) is 6.56. The molecule has 1 aromatic carbocycles. The predicted octanol–water partition coefficient (Wildman–Crippen LogP) is 0.919. The van der Waals surface area contributed by atoms with Gasteiger partial charge in [0.05, 0.1) is 0 Å². The van der Waals surface area contributed by atoms with Gasteiger partial charge in [-0.2, -0.15) is 4.98 Å². The first-order chi connectivity index (χ1) is 15.2. The number of aryl methyl sites for hydroxylation is 1. The lowest BCUT2D eigenvalue weighted by molar-refractivity contribution is -0.140. The van der Waals surface area contributed by atoms with E-state index in [1.165, 1.54) is 11.8 Å². The summed E-state index contributed by atoms with van der Waals surface area (Å²) in [6.07, 6.45) is 0.940. The number of H-pyrrole nitrogens is 1. The van der Waals surface area contributed by atoms with E-state index in [0.717, 1.165) is 12.0 Å². The van der Waals surface area contributed by atoms with E-state index < -0.39 is 23.9 Å². The topological polar surface area (TPSA) is 187 Å². The van der Waals surface area contributed by atoms with Gasteiger partial charge in [-0.05, 0) is 37.0 Å². The molecule has 2 heterocycles. The van der Waals surface area contributed by atoms with Gasteiger partial charge < -0.3 is 26.6 Å². The van der Waals surface area contributed by atoms with Crippen molar-refractivity contribution < 1.29 is 24.6 Å². The lowest BCUT2D eigenvalue weighted by Gasteiger charge is -2.24. The van der Waals surface area contributed by atoms with E-state index in [1.807, 2.05) is 0 Å². The number of carboxylic acid groups (broad SMARTS) is 2. The molecule has 1 aromatic heterocycles. The van der Waals surface area contributed by atoms with Gasteiger partial charge in [0.2, 0.25) is 5.95 Å². The summed E-state index contributed by atoms with van der Waals surface area (Å²) in [6.45, 7) is 0.640. The molecule has 0 radical (unpaired) electrons. The second-order valence-electron chi connectivity index (χ2n) is 7.28. The minimum absolute atomic E-state index is 0.0704. The molecule has 3 rings (SSSR count). The quantitative estimate of drug-likeness (QED) is 0.313. The lowest BCUT2D eigenvalue weighted by atomic mass is 10.0. The second kappa shape index (κ2) is 10.2. The number of carbonyl (C=O) groups is 3. The Kier molecular flexibility index (Phi) is 7.36. The van der Waals surface area contributed by atoms with Crippen LogP contribution in [0.2, 0.25) is 0 Å². The first-order valence-electron chi connectivity index (χ1n) is 9.87. The normalized spacial score (nSPS) is 15.8. The number of benzene rings is 1. The molecule has 0 saturated carbocycles. The van der Waals surface area contributed by atoms with Crippen molar-refractivity contribution in [3.05, 3.63) is 45.7 Å². The van der Waals surface area contributed by atoms with Crippen molar-refractivity contribution in [2.75, 3.05) is 17.6 Å². The Morgan fingerprint density at radius 3 is 2.62 bits per heavy atom. The summed E-state index contributed by atoms with van der Waals surface area (Å²) in [6, 6.07) is 5.49. The van der Waals surface area contributed by atoms with Crippen molar-refractivity contribution in [3.8, 4) is 0 Å². The number of nitrogens with zero attached hydrogens (tertiary/aromatic N) is 1. The molecule has 32 heavy (non-hydrogen) atoms. The largest absolute Gasteiger partial charge is 0.481 e. The number of aliphatic carboxylic acids is 2. The summed E-state index contributed by atoms with van der Waals surface area (Å²) in [5, 5.41) is 23.5. The van der Waals surface area contributed by atoms with Crippen LogP contribution in [-0.2, 0) is 16.0 Å². The Bertz CT molecular complexity index is 1070. The van der Waals surface area contributed by atoms with E-state index in [9.17, 15) is 19.2 Å². The predicted molar refractivity (Wildman–Crippen MR) is 118 cm³/mol. The van der Waals surface area contributed by atoms with Crippen LogP contribution in [0.15, 0.2) is 34.0 Å². The van der Waals surface area contributed by atoms with Crippen molar-refractivity contribution >= 4 is 41.4 Å². The number of amides is 1.